The largest absolute Gasteiger partial charge is 0.291 e. The van der Waals surface area contributed by atoms with Crippen molar-refractivity contribution < 1.29 is 8.42 Å². The Kier molecular flexibility index (Phi) is 3.95. The van der Waals surface area contributed by atoms with Gasteiger partial charge in [-0.05, 0) is 36.8 Å². The third kappa shape index (κ3) is 3.69. The van der Waals surface area contributed by atoms with Crippen molar-refractivity contribution >= 4 is 21.2 Å². The first kappa shape index (κ1) is 15.5. The molecule has 118 valence electrons. The van der Waals surface area contributed by atoms with E-state index in [0.29, 0.717) is 17.5 Å². The van der Waals surface area contributed by atoms with Gasteiger partial charge in [-0.15, -0.1) is 11.3 Å². The topological polar surface area (TPSA) is 37.4 Å². The molecule has 0 bridgehead atoms. The Bertz CT molecular complexity index is 608. The van der Waals surface area contributed by atoms with Gasteiger partial charge in [0.15, 0.2) is 9.84 Å². The second-order valence-corrected chi connectivity index (χ2v) is 10.9. The molecule has 3 nitrogen and oxygen atoms in total. The lowest BCUT2D eigenvalue weighted by Gasteiger charge is -2.27. The van der Waals surface area contributed by atoms with Gasteiger partial charge in [-0.25, -0.2) is 8.42 Å². The lowest BCUT2D eigenvalue weighted by molar-refractivity contribution is 0.195. The molecular formula is C16H25NO2S2. The Hall–Kier alpha value is -0.390. The second kappa shape index (κ2) is 5.36. The van der Waals surface area contributed by atoms with E-state index in [4.69, 9.17) is 0 Å². The third-order valence-electron chi connectivity index (χ3n) is 4.43. The second-order valence-electron chi connectivity index (χ2n) is 7.48. The number of hydrogen-bond acceptors (Lipinski definition) is 4. The maximum absolute atomic E-state index is 11.8. The molecule has 1 unspecified atom stereocenters. The predicted octanol–water partition coefficient (Wildman–Crippen LogP) is 3.20. The first-order valence-corrected chi connectivity index (χ1v) is 10.4. The molecule has 2 fully saturated rings. The molecule has 2 heterocycles. The van der Waals surface area contributed by atoms with Crippen LogP contribution in [0, 0.1) is 0 Å². The Morgan fingerprint density at radius 3 is 2.38 bits per heavy atom. The summed E-state index contributed by atoms with van der Waals surface area (Å²) in [6.07, 6.45) is 3.28. The molecule has 0 amide bonds. The quantitative estimate of drug-likeness (QED) is 0.852. The highest BCUT2D eigenvalue weighted by atomic mass is 32.2. The molecule has 2 aliphatic rings. The van der Waals surface area contributed by atoms with Crippen molar-refractivity contribution in [3.8, 4) is 0 Å². The van der Waals surface area contributed by atoms with Crippen LogP contribution in [0.3, 0.4) is 0 Å². The monoisotopic (exact) mass is 327 g/mol. The maximum atomic E-state index is 11.8. The van der Waals surface area contributed by atoms with E-state index in [-0.39, 0.29) is 11.5 Å². The molecule has 1 aliphatic heterocycles. The molecule has 0 N–H and O–H groups in total. The highest BCUT2D eigenvalue weighted by Crippen LogP contribution is 2.36. The molecule has 1 saturated heterocycles. The van der Waals surface area contributed by atoms with Gasteiger partial charge < -0.3 is 0 Å². The molecule has 0 radical (unpaired) electrons. The van der Waals surface area contributed by atoms with Gasteiger partial charge >= 0.3 is 0 Å². The van der Waals surface area contributed by atoms with E-state index in [1.807, 2.05) is 11.3 Å². The normalized spacial score (nSPS) is 25.6. The van der Waals surface area contributed by atoms with Gasteiger partial charge in [-0.1, -0.05) is 20.8 Å². The number of hydrogen-bond donors (Lipinski definition) is 0. The highest BCUT2D eigenvalue weighted by molar-refractivity contribution is 7.91. The Morgan fingerprint density at radius 2 is 1.90 bits per heavy atom. The average molecular weight is 328 g/mol. The van der Waals surface area contributed by atoms with Crippen LogP contribution >= 0.6 is 11.3 Å². The van der Waals surface area contributed by atoms with Crippen LogP contribution in [0.4, 0.5) is 0 Å². The van der Waals surface area contributed by atoms with Gasteiger partial charge in [0.2, 0.25) is 0 Å². The van der Waals surface area contributed by atoms with Crippen LogP contribution < -0.4 is 0 Å². The standard InChI is InChI=1S/C16H25NO2S2/c1-16(2,3)15-7-6-14(20-15)10-17(12-4-5-12)13-8-9-21(18,19)11-13/h6-7,12-13H,4-5,8-11H2,1-3H3. The van der Waals surface area contributed by atoms with Crippen LogP contribution in [0.2, 0.25) is 0 Å². The molecule has 21 heavy (non-hydrogen) atoms. The minimum atomic E-state index is -2.79. The minimum Gasteiger partial charge on any atom is -0.291 e. The van der Waals surface area contributed by atoms with Crippen LogP contribution in [-0.2, 0) is 21.8 Å². The van der Waals surface area contributed by atoms with E-state index in [1.165, 1.54) is 22.6 Å². The Balaban J connectivity index is 1.73. The molecule has 1 aromatic heterocycles. The smallest absolute Gasteiger partial charge is 0.151 e. The zero-order valence-electron chi connectivity index (χ0n) is 13.1. The summed E-state index contributed by atoms with van der Waals surface area (Å²) in [4.78, 5) is 5.24. The number of nitrogens with zero attached hydrogens (tertiary/aromatic N) is 1. The molecule has 1 aliphatic carbocycles. The van der Waals surface area contributed by atoms with Gasteiger partial charge in [-0.3, -0.25) is 4.90 Å². The average Bonchev–Trinajstić information content (AvgIpc) is 2.97. The Morgan fingerprint density at radius 1 is 1.19 bits per heavy atom. The number of thiophene rings is 1. The Labute approximate surface area is 132 Å². The summed E-state index contributed by atoms with van der Waals surface area (Å²) in [5, 5.41) is 0. The fourth-order valence-corrected chi connectivity index (χ4v) is 5.86. The third-order valence-corrected chi connectivity index (χ3v) is 7.68. The lowest BCUT2D eigenvalue weighted by Crippen LogP contribution is -2.37. The summed E-state index contributed by atoms with van der Waals surface area (Å²) in [6.45, 7) is 7.64. The molecule has 1 atom stereocenters. The molecule has 0 aromatic carbocycles. The highest BCUT2D eigenvalue weighted by Gasteiger charge is 2.39. The zero-order chi connectivity index (χ0) is 15.3. The van der Waals surface area contributed by atoms with Crippen LogP contribution in [-0.4, -0.2) is 36.9 Å². The predicted molar refractivity (Wildman–Crippen MR) is 88.6 cm³/mol. The van der Waals surface area contributed by atoms with E-state index in [0.717, 1.165) is 13.0 Å². The first-order valence-electron chi connectivity index (χ1n) is 7.80. The van der Waals surface area contributed by atoms with E-state index < -0.39 is 9.84 Å². The molecule has 1 aromatic rings. The van der Waals surface area contributed by atoms with Crippen molar-refractivity contribution in [3.05, 3.63) is 21.9 Å². The van der Waals surface area contributed by atoms with E-state index in [2.05, 4.69) is 37.8 Å². The van der Waals surface area contributed by atoms with Gasteiger partial charge in [0.25, 0.3) is 0 Å². The van der Waals surface area contributed by atoms with Gasteiger partial charge in [0.1, 0.15) is 0 Å². The number of sulfone groups is 1. The van der Waals surface area contributed by atoms with Crippen molar-refractivity contribution in [2.24, 2.45) is 0 Å². The summed E-state index contributed by atoms with van der Waals surface area (Å²) in [7, 11) is -2.79. The van der Waals surface area contributed by atoms with Crippen LogP contribution in [0.25, 0.3) is 0 Å². The van der Waals surface area contributed by atoms with Gasteiger partial charge in [-0.2, -0.15) is 0 Å². The van der Waals surface area contributed by atoms with Crippen molar-refractivity contribution in [2.75, 3.05) is 11.5 Å². The molecular weight excluding hydrogens is 302 g/mol. The first-order chi connectivity index (χ1) is 9.74. The number of rotatable bonds is 4. The summed E-state index contributed by atoms with van der Waals surface area (Å²) in [5.41, 5.74) is 0.198. The zero-order valence-corrected chi connectivity index (χ0v) is 14.8. The van der Waals surface area contributed by atoms with E-state index >= 15 is 0 Å². The van der Waals surface area contributed by atoms with Crippen LogP contribution in [0.1, 0.15) is 49.8 Å². The summed E-state index contributed by atoms with van der Waals surface area (Å²) in [5.74, 6) is 0.736. The van der Waals surface area contributed by atoms with Crippen molar-refractivity contribution in [2.45, 2.75) is 64.1 Å². The lowest BCUT2D eigenvalue weighted by atomic mass is 9.95. The SMILES string of the molecule is CC(C)(C)c1ccc(CN(C2CC2)C2CCS(=O)(=O)C2)s1. The van der Waals surface area contributed by atoms with E-state index in [9.17, 15) is 8.42 Å². The molecule has 3 rings (SSSR count). The van der Waals surface area contributed by atoms with Crippen LogP contribution in [0.15, 0.2) is 12.1 Å². The minimum absolute atomic E-state index is 0.198. The van der Waals surface area contributed by atoms with Crippen molar-refractivity contribution in [1.29, 1.82) is 0 Å². The van der Waals surface area contributed by atoms with Gasteiger partial charge in [0, 0.05) is 28.4 Å². The molecule has 5 heteroatoms. The van der Waals surface area contributed by atoms with Gasteiger partial charge in [0.05, 0.1) is 11.5 Å². The molecule has 0 spiro atoms. The summed E-state index contributed by atoms with van der Waals surface area (Å²) < 4.78 is 23.5. The fourth-order valence-electron chi connectivity index (χ4n) is 3.05. The van der Waals surface area contributed by atoms with Crippen molar-refractivity contribution in [3.63, 3.8) is 0 Å². The maximum Gasteiger partial charge on any atom is 0.151 e. The van der Waals surface area contributed by atoms with Crippen molar-refractivity contribution in [1.82, 2.24) is 4.90 Å². The molecule has 1 saturated carbocycles. The summed E-state index contributed by atoms with van der Waals surface area (Å²) in [6, 6.07) is 5.31. The fraction of sp³-hybridized carbons (Fsp3) is 0.750. The summed E-state index contributed by atoms with van der Waals surface area (Å²) >= 11 is 1.88. The van der Waals surface area contributed by atoms with E-state index in [1.54, 1.807) is 0 Å². The van der Waals surface area contributed by atoms with Crippen LogP contribution in [0.5, 0.6) is 0 Å².